The highest BCUT2D eigenvalue weighted by atomic mass is 35.5. The van der Waals surface area contributed by atoms with Crippen LogP contribution in [0.25, 0.3) is 0 Å². The maximum atomic E-state index is 12.3. The number of hydrogen-bond acceptors (Lipinski definition) is 4. The number of methoxy groups -OCH3 is 1. The Morgan fingerprint density at radius 3 is 2.78 bits per heavy atom. The van der Waals surface area contributed by atoms with Crippen LogP contribution in [-0.4, -0.2) is 27.1 Å². The van der Waals surface area contributed by atoms with E-state index in [1.165, 1.54) is 13.2 Å². The third-order valence-electron chi connectivity index (χ3n) is 3.32. The first kappa shape index (κ1) is 17.7. The van der Waals surface area contributed by atoms with Crippen LogP contribution in [0.5, 0.6) is 5.75 Å². The summed E-state index contributed by atoms with van der Waals surface area (Å²) in [4.78, 5) is 4.11. The number of halogens is 1. The van der Waals surface area contributed by atoms with E-state index in [1.54, 1.807) is 18.3 Å². The second kappa shape index (κ2) is 8.29. The maximum absolute atomic E-state index is 12.3. The molecule has 2 rings (SSSR count). The molecule has 0 aliphatic carbocycles. The maximum Gasteiger partial charge on any atom is 0.244 e. The van der Waals surface area contributed by atoms with Gasteiger partial charge in [-0.1, -0.05) is 17.7 Å². The monoisotopic (exact) mass is 354 g/mol. The Morgan fingerprint density at radius 2 is 2.09 bits per heavy atom. The van der Waals surface area contributed by atoms with Gasteiger partial charge in [0.15, 0.2) is 0 Å². The molecule has 0 fully saturated rings. The van der Waals surface area contributed by atoms with Crippen molar-refractivity contribution in [2.45, 2.75) is 24.2 Å². The van der Waals surface area contributed by atoms with E-state index in [2.05, 4.69) is 9.71 Å². The molecule has 0 radical (unpaired) electrons. The van der Waals surface area contributed by atoms with Crippen molar-refractivity contribution in [1.29, 1.82) is 0 Å². The molecular weight excluding hydrogens is 336 g/mol. The number of aryl methyl sites for hydroxylation is 1. The van der Waals surface area contributed by atoms with E-state index < -0.39 is 10.0 Å². The summed E-state index contributed by atoms with van der Waals surface area (Å²) < 4.78 is 32.3. The number of ether oxygens (including phenoxy) is 1. The molecule has 1 aromatic heterocycles. The zero-order valence-corrected chi connectivity index (χ0v) is 14.4. The van der Waals surface area contributed by atoms with Gasteiger partial charge in [-0.2, -0.15) is 0 Å². The fourth-order valence-electron chi connectivity index (χ4n) is 2.14. The van der Waals surface area contributed by atoms with Crippen LogP contribution in [0.15, 0.2) is 47.6 Å². The summed E-state index contributed by atoms with van der Waals surface area (Å²) in [6.45, 7) is 0.359. The molecule has 0 saturated heterocycles. The lowest BCUT2D eigenvalue weighted by atomic mass is 10.1. The standard InChI is InChI=1S/C16H19ClN2O3S/c1-22-15-8-7-14(17)11-16(15)23(20,21)19-10-3-2-5-13-6-4-9-18-12-13/h4,6-9,11-12,19H,2-3,5,10H2,1H3. The molecule has 0 bridgehead atoms. The average Bonchev–Trinajstić information content (AvgIpc) is 2.55. The van der Waals surface area contributed by atoms with E-state index >= 15 is 0 Å². The van der Waals surface area contributed by atoms with E-state index in [0.29, 0.717) is 11.6 Å². The second-order valence-corrected chi connectivity index (χ2v) is 7.18. The Bertz CT molecular complexity index is 736. The topological polar surface area (TPSA) is 68.3 Å². The number of hydrogen-bond donors (Lipinski definition) is 1. The molecule has 5 nitrogen and oxygen atoms in total. The minimum atomic E-state index is -3.64. The SMILES string of the molecule is COc1ccc(Cl)cc1S(=O)(=O)NCCCCc1cccnc1. The average molecular weight is 355 g/mol. The van der Waals surface area contributed by atoms with Crippen LogP contribution >= 0.6 is 11.6 Å². The fourth-order valence-corrected chi connectivity index (χ4v) is 3.65. The molecule has 0 saturated carbocycles. The van der Waals surface area contributed by atoms with E-state index in [4.69, 9.17) is 16.3 Å². The Morgan fingerprint density at radius 1 is 1.26 bits per heavy atom. The summed E-state index contributed by atoms with van der Waals surface area (Å²) in [6, 6.07) is 8.42. The van der Waals surface area contributed by atoms with Gasteiger partial charge in [0.05, 0.1) is 7.11 Å². The first-order valence-electron chi connectivity index (χ1n) is 7.25. The smallest absolute Gasteiger partial charge is 0.244 e. The quantitative estimate of drug-likeness (QED) is 0.740. The largest absolute Gasteiger partial charge is 0.495 e. The minimum Gasteiger partial charge on any atom is -0.495 e. The molecule has 1 aromatic carbocycles. The van der Waals surface area contributed by atoms with Gasteiger partial charge < -0.3 is 4.74 Å². The number of nitrogens with zero attached hydrogens (tertiary/aromatic N) is 1. The number of rotatable bonds is 8. The second-order valence-electron chi connectivity index (χ2n) is 5.01. The van der Waals surface area contributed by atoms with Crippen molar-refractivity contribution in [3.8, 4) is 5.75 Å². The van der Waals surface area contributed by atoms with Gasteiger partial charge in [0, 0.05) is 24.0 Å². The summed E-state index contributed by atoms with van der Waals surface area (Å²) >= 11 is 5.88. The molecule has 0 aliphatic heterocycles. The molecule has 0 aliphatic rings. The normalized spacial score (nSPS) is 11.4. The van der Waals surface area contributed by atoms with E-state index in [1.807, 2.05) is 18.3 Å². The molecule has 124 valence electrons. The van der Waals surface area contributed by atoms with Crippen molar-refractivity contribution in [3.05, 3.63) is 53.3 Å². The number of aromatic nitrogens is 1. The van der Waals surface area contributed by atoms with Gasteiger partial charge in [0.25, 0.3) is 0 Å². The van der Waals surface area contributed by atoms with Crippen LogP contribution in [-0.2, 0) is 16.4 Å². The third-order valence-corrected chi connectivity index (χ3v) is 5.04. The number of benzene rings is 1. The molecule has 1 N–H and O–H groups in total. The van der Waals surface area contributed by atoms with Gasteiger partial charge >= 0.3 is 0 Å². The predicted octanol–water partition coefficient (Wildman–Crippen LogP) is 3.04. The van der Waals surface area contributed by atoms with Gasteiger partial charge in [-0.15, -0.1) is 0 Å². The summed E-state index contributed by atoms with van der Waals surface area (Å²) in [5.74, 6) is 0.275. The number of pyridine rings is 1. The fraction of sp³-hybridized carbons (Fsp3) is 0.312. The first-order valence-corrected chi connectivity index (χ1v) is 9.11. The van der Waals surface area contributed by atoms with Crippen LogP contribution < -0.4 is 9.46 Å². The highest BCUT2D eigenvalue weighted by Gasteiger charge is 2.19. The zero-order chi connectivity index (χ0) is 16.7. The Balaban J connectivity index is 1.88. The highest BCUT2D eigenvalue weighted by Crippen LogP contribution is 2.26. The molecule has 23 heavy (non-hydrogen) atoms. The summed E-state index contributed by atoms with van der Waals surface area (Å²) in [5.41, 5.74) is 1.15. The lowest BCUT2D eigenvalue weighted by molar-refractivity contribution is 0.402. The van der Waals surface area contributed by atoms with Gasteiger partial charge in [-0.25, -0.2) is 13.1 Å². The van der Waals surface area contributed by atoms with Gasteiger partial charge in [-0.3, -0.25) is 4.98 Å². The molecule has 1 heterocycles. The minimum absolute atomic E-state index is 0.0553. The first-order chi connectivity index (χ1) is 11.0. The summed E-state index contributed by atoms with van der Waals surface area (Å²) in [5, 5.41) is 0.350. The van der Waals surface area contributed by atoms with Crippen molar-refractivity contribution in [2.24, 2.45) is 0 Å². The highest BCUT2D eigenvalue weighted by molar-refractivity contribution is 7.89. The number of sulfonamides is 1. The van der Waals surface area contributed by atoms with Crippen LogP contribution in [0.2, 0.25) is 5.02 Å². The zero-order valence-electron chi connectivity index (χ0n) is 12.8. The molecule has 0 atom stereocenters. The van der Waals surface area contributed by atoms with Crippen molar-refractivity contribution < 1.29 is 13.2 Å². The van der Waals surface area contributed by atoms with Crippen molar-refractivity contribution >= 4 is 21.6 Å². The molecule has 2 aromatic rings. The van der Waals surface area contributed by atoms with Crippen molar-refractivity contribution in [2.75, 3.05) is 13.7 Å². The lowest BCUT2D eigenvalue weighted by Gasteiger charge is -2.11. The third kappa shape index (κ3) is 5.20. The van der Waals surface area contributed by atoms with Gasteiger partial charge in [0.2, 0.25) is 10.0 Å². The Kier molecular flexibility index (Phi) is 6.38. The van der Waals surface area contributed by atoms with Crippen LogP contribution in [0.4, 0.5) is 0 Å². The van der Waals surface area contributed by atoms with Crippen molar-refractivity contribution in [1.82, 2.24) is 9.71 Å². The number of unbranched alkanes of at least 4 members (excludes halogenated alkanes) is 1. The molecule has 0 unspecified atom stereocenters. The van der Waals surface area contributed by atoms with E-state index in [9.17, 15) is 8.42 Å². The number of nitrogens with one attached hydrogen (secondary N) is 1. The summed E-state index contributed by atoms with van der Waals surface area (Å²) in [7, 11) is -2.22. The lowest BCUT2D eigenvalue weighted by Crippen LogP contribution is -2.25. The van der Waals surface area contributed by atoms with Gasteiger partial charge in [0.1, 0.15) is 10.6 Å². The van der Waals surface area contributed by atoms with Gasteiger partial charge in [-0.05, 0) is 49.1 Å². The molecule has 0 amide bonds. The summed E-state index contributed by atoms with van der Waals surface area (Å²) in [6.07, 6.45) is 6.03. The Labute approximate surface area is 141 Å². The predicted molar refractivity (Wildman–Crippen MR) is 90.4 cm³/mol. The Hall–Kier alpha value is -1.63. The molecular formula is C16H19ClN2O3S. The molecule has 7 heteroatoms. The van der Waals surface area contributed by atoms with Crippen LogP contribution in [0.1, 0.15) is 18.4 Å². The molecule has 0 spiro atoms. The van der Waals surface area contributed by atoms with E-state index in [0.717, 1.165) is 24.8 Å². The van der Waals surface area contributed by atoms with Crippen LogP contribution in [0, 0.1) is 0 Å². The van der Waals surface area contributed by atoms with Crippen molar-refractivity contribution in [3.63, 3.8) is 0 Å². The van der Waals surface area contributed by atoms with Crippen LogP contribution in [0.3, 0.4) is 0 Å². The van der Waals surface area contributed by atoms with E-state index in [-0.39, 0.29) is 10.6 Å².